The molecule has 1 aromatic rings. The number of nitrogens with one attached hydrogen (secondary N) is 1. The number of rotatable bonds is 5. The van der Waals surface area contributed by atoms with Crippen molar-refractivity contribution in [3.8, 4) is 0 Å². The standard InChI is InChI=1S/C18H29N/c1-4-9-15-10-5-7-12-17(15)19-18-13-8-6-11-16(18)14(2)3/h5,7,10,12,14,16,18-19H,4,6,8-9,11,13H2,1-3H3. The van der Waals surface area contributed by atoms with Crippen LogP contribution in [0.3, 0.4) is 0 Å². The highest BCUT2D eigenvalue weighted by atomic mass is 14.9. The van der Waals surface area contributed by atoms with Gasteiger partial charge in [-0.3, -0.25) is 0 Å². The third kappa shape index (κ3) is 3.75. The van der Waals surface area contributed by atoms with E-state index in [4.69, 9.17) is 0 Å². The van der Waals surface area contributed by atoms with Crippen molar-refractivity contribution in [1.29, 1.82) is 0 Å². The third-order valence-electron chi connectivity index (χ3n) is 4.55. The molecule has 0 bridgehead atoms. The number of benzene rings is 1. The molecule has 1 aliphatic rings. The van der Waals surface area contributed by atoms with Gasteiger partial charge in [0.1, 0.15) is 0 Å². The Morgan fingerprint density at radius 3 is 2.63 bits per heavy atom. The molecule has 1 heteroatoms. The maximum atomic E-state index is 3.87. The highest BCUT2D eigenvalue weighted by Gasteiger charge is 2.27. The molecule has 0 saturated heterocycles. The Balaban J connectivity index is 2.10. The molecule has 2 atom stereocenters. The molecular formula is C18H29N. The van der Waals surface area contributed by atoms with Crippen molar-refractivity contribution >= 4 is 5.69 Å². The van der Waals surface area contributed by atoms with E-state index in [-0.39, 0.29) is 0 Å². The fraction of sp³-hybridized carbons (Fsp3) is 0.667. The SMILES string of the molecule is CCCc1ccccc1NC1CCCCC1C(C)C. The second-order valence-electron chi connectivity index (χ2n) is 6.35. The van der Waals surface area contributed by atoms with Crippen LogP contribution < -0.4 is 5.32 Å². The number of aryl methyl sites for hydroxylation is 1. The lowest BCUT2D eigenvalue weighted by atomic mass is 9.77. The van der Waals surface area contributed by atoms with Crippen LogP contribution in [-0.4, -0.2) is 6.04 Å². The van der Waals surface area contributed by atoms with Gasteiger partial charge in [0.05, 0.1) is 0 Å². The highest BCUT2D eigenvalue weighted by Crippen LogP contribution is 2.33. The van der Waals surface area contributed by atoms with Gasteiger partial charge in [0.25, 0.3) is 0 Å². The Bertz CT molecular complexity index is 383. The zero-order chi connectivity index (χ0) is 13.7. The second-order valence-corrected chi connectivity index (χ2v) is 6.35. The molecule has 0 heterocycles. The molecule has 1 fully saturated rings. The van der Waals surface area contributed by atoms with Crippen LogP contribution in [0, 0.1) is 11.8 Å². The van der Waals surface area contributed by atoms with Crippen molar-refractivity contribution in [3.05, 3.63) is 29.8 Å². The van der Waals surface area contributed by atoms with Gasteiger partial charge < -0.3 is 5.32 Å². The maximum absolute atomic E-state index is 3.87. The van der Waals surface area contributed by atoms with E-state index in [9.17, 15) is 0 Å². The molecule has 2 unspecified atom stereocenters. The van der Waals surface area contributed by atoms with Gasteiger partial charge in [-0.15, -0.1) is 0 Å². The Kier molecular flexibility index (Phi) is 5.30. The van der Waals surface area contributed by atoms with Crippen molar-refractivity contribution in [1.82, 2.24) is 0 Å². The average molecular weight is 259 g/mol. The fourth-order valence-corrected chi connectivity index (χ4v) is 3.48. The van der Waals surface area contributed by atoms with Gasteiger partial charge in [-0.2, -0.15) is 0 Å². The normalized spacial score (nSPS) is 23.6. The van der Waals surface area contributed by atoms with Crippen molar-refractivity contribution in [2.24, 2.45) is 11.8 Å². The van der Waals surface area contributed by atoms with E-state index >= 15 is 0 Å². The van der Waals surface area contributed by atoms with E-state index in [1.54, 1.807) is 0 Å². The molecule has 1 saturated carbocycles. The predicted molar refractivity (Wildman–Crippen MR) is 84.6 cm³/mol. The zero-order valence-electron chi connectivity index (χ0n) is 12.8. The summed E-state index contributed by atoms with van der Waals surface area (Å²) in [6.07, 6.45) is 7.93. The molecule has 1 N–H and O–H groups in total. The molecule has 0 amide bonds. The van der Waals surface area contributed by atoms with Crippen LogP contribution in [-0.2, 0) is 6.42 Å². The Hall–Kier alpha value is -0.980. The van der Waals surface area contributed by atoms with Gasteiger partial charge in [-0.1, -0.05) is 58.2 Å². The van der Waals surface area contributed by atoms with Crippen LogP contribution in [0.1, 0.15) is 58.4 Å². The van der Waals surface area contributed by atoms with E-state index in [0.717, 1.165) is 11.8 Å². The van der Waals surface area contributed by atoms with E-state index in [0.29, 0.717) is 6.04 Å². The van der Waals surface area contributed by atoms with Gasteiger partial charge in [-0.25, -0.2) is 0 Å². The summed E-state index contributed by atoms with van der Waals surface area (Å²) in [5.41, 5.74) is 2.86. The van der Waals surface area contributed by atoms with E-state index in [1.807, 2.05) is 0 Å². The number of para-hydroxylation sites is 1. The molecule has 19 heavy (non-hydrogen) atoms. The minimum absolute atomic E-state index is 0.673. The first-order valence-electron chi connectivity index (χ1n) is 8.06. The lowest BCUT2D eigenvalue weighted by Crippen LogP contribution is -2.35. The summed E-state index contributed by atoms with van der Waals surface area (Å²) < 4.78 is 0. The van der Waals surface area contributed by atoms with E-state index in [2.05, 4.69) is 50.4 Å². The molecule has 0 radical (unpaired) electrons. The van der Waals surface area contributed by atoms with Crippen LogP contribution in [0.15, 0.2) is 24.3 Å². The predicted octanol–water partition coefficient (Wildman–Crippen LogP) is 5.27. The minimum Gasteiger partial charge on any atom is -0.382 e. The molecular weight excluding hydrogens is 230 g/mol. The maximum Gasteiger partial charge on any atom is 0.0374 e. The minimum atomic E-state index is 0.673. The Morgan fingerprint density at radius 1 is 1.16 bits per heavy atom. The molecule has 106 valence electrons. The summed E-state index contributed by atoms with van der Waals surface area (Å²) in [6.45, 7) is 7.01. The number of hydrogen-bond acceptors (Lipinski definition) is 1. The van der Waals surface area contributed by atoms with Crippen LogP contribution in [0.25, 0.3) is 0 Å². The van der Waals surface area contributed by atoms with Crippen LogP contribution in [0.2, 0.25) is 0 Å². The Morgan fingerprint density at radius 2 is 1.89 bits per heavy atom. The average Bonchev–Trinajstić information content (AvgIpc) is 2.42. The van der Waals surface area contributed by atoms with Crippen molar-refractivity contribution in [2.45, 2.75) is 65.3 Å². The first kappa shape index (κ1) is 14.4. The Labute approximate surface area is 118 Å². The molecule has 0 aliphatic heterocycles. The molecule has 0 spiro atoms. The molecule has 1 aromatic carbocycles. The van der Waals surface area contributed by atoms with Crippen molar-refractivity contribution in [2.75, 3.05) is 5.32 Å². The monoisotopic (exact) mass is 259 g/mol. The van der Waals surface area contributed by atoms with Gasteiger partial charge in [0, 0.05) is 11.7 Å². The largest absolute Gasteiger partial charge is 0.382 e. The van der Waals surface area contributed by atoms with Gasteiger partial charge in [0.15, 0.2) is 0 Å². The van der Waals surface area contributed by atoms with Crippen molar-refractivity contribution < 1.29 is 0 Å². The highest BCUT2D eigenvalue weighted by molar-refractivity contribution is 5.52. The number of anilines is 1. The summed E-state index contributed by atoms with van der Waals surface area (Å²) >= 11 is 0. The van der Waals surface area contributed by atoms with Crippen LogP contribution in [0.4, 0.5) is 5.69 Å². The smallest absolute Gasteiger partial charge is 0.0374 e. The fourth-order valence-electron chi connectivity index (χ4n) is 3.48. The molecule has 1 aliphatic carbocycles. The summed E-state index contributed by atoms with van der Waals surface area (Å²) in [4.78, 5) is 0. The topological polar surface area (TPSA) is 12.0 Å². The molecule has 2 rings (SSSR count). The van der Waals surface area contributed by atoms with E-state index < -0.39 is 0 Å². The number of hydrogen-bond donors (Lipinski definition) is 1. The quantitative estimate of drug-likeness (QED) is 0.760. The molecule has 1 nitrogen and oxygen atoms in total. The van der Waals surface area contributed by atoms with Gasteiger partial charge in [-0.05, 0) is 42.7 Å². The van der Waals surface area contributed by atoms with Gasteiger partial charge >= 0.3 is 0 Å². The van der Waals surface area contributed by atoms with E-state index in [1.165, 1.54) is 49.8 Å². The summed E-state index contributed by atoms with van der Waals surface area (Å²) in [5, 5.41) is 3.87. The van der Waals surface area contributed by atoms with Gasteiger partial charge in [0.2, 0.25) is 0 Å². The molecule has 0 aromatic heterocycles. The summed E-state index contributed by atoms with van der Waals surface area (Å²) in [5.74, 6) is 1.62. The lowest BCUT2D eigenvalue weighted by molar-refractivity contribution is 0.253. The summed E-state index contributed by atoms with van der Waals surface area (Å²) in [7, 11) is 0. The van der Waals surface area contributed by atoms with Crippen LogP contribution in [0.5, 0.6) is 0 Å². The third-order valence-corrected chi connectivity index (χ3v) is 4.55. The first-order chi connectivity index (χ1) is 9.22. The van der Waals surface area contributed by atoms with Crippen LogP contribution >= 0.6 is 0 Å². The zero-order valence-corrected chi connectivity index (χ0v) is 12.8. The second kappa shape index (κ2) is 6.98. The van der Waals surface area contributed by atoms with Crippen molar-refractivity contribution in [3.63, 3.8) is 0 Å². The lowest BCUT2D eigenvalue weighted by Gasteiger charge is -2.36. The first-order valence-corrected chi connectivity index (χ1v) is 8.06. The summed E-state index contributed by atoms with van der Waals surface area (Å²) in [6, 6.07) is 9.54.